The summed E-state index contributed by atoms with van der Waals surface area (Å²) in [5, 5.41) is 113. The molecule has 0 amide bonds. The van der Waals surface area contributed by atoms with E-state index in [9.17, 15) is 56.2 Å². The quantitative estimate of drug-likeness (QED) is 0.0985. The molecular weight excluding hydrogens is 736 g/mol. The van der Waals surface area contributed by atoms with E-state index in [4.69, 9.17) is 23.7 Å². The molecule has 298 valence electrons. The van der Waals surface area contributed by atoms with Crippen LogP contribution >= 0.6 is 0 Å². The molecule has 3 aliphatic heterocycles. The topological polar surface area (TPSA) is 269 Å². The molecule has 0 saturated carbocycles. The van der Waals surface area contributed by atoms with Crippen LogP contribution in [0.25, 0.3) is 12.2 Å². The minimum atomic E-state index is -1.72. The zero-order valence-electron chi connectivity index (χ0n) is 29.5. The van der Waals surface area contributed by atoms with Crippen molar-refractivity contribution in [2.24, 2.45) is 0 Å². The molecule has 2 saturated heterocycles. The molecule has 3 aliphatic rings. The lowest BCUT2D eigenvalue weighted by atomic mass is 9.82. The van der Waals surface area contributed by atoms with Crippen molar-refractivity contribution in [2.75, 3.05) is 13.2 Å². The second-order valence-electron chi connectivity index (χ2n) is 13.8. The third-order valence-electron chi connectivity index (χ3n) is 10.1. The van der Waals surface area contributed by atoms with Crippen LogP contribution in [0.4, 0.5) is 0 Å². The van der Waals surface area contributed by atoms with Gasteiger partial charge >= 0.3 is 0 Å². The first kappa shape index (κ1) is 39.3. The van der Waals surface area contributed by atoms with E-state index in [0.29, 0.717) is 27.8 Å². The highest BCUT2D eigenvalue weighted by Crippen LogP contribution is 2.54. The zero-order valence-corrected chi connectivity index (χ0v) is 29.5. The summed E-state index contributed by atoms with van der Waals surface area (Å²) in [5.74, 6) is -0.560. The number of aliphatic hydroxyl groups is 8. The Morgan fingerprint density at radius 3 is 1.62 bits per heavy atom. The number of phenolic OH excluding ortho intramolecular Hbond substituents is 3. The van der Waals surface area contributed by atoms with Crippen molar-refractivity contribution >= 4 is 12.2 Å². The van der Waals surface area contributed by atoms with Crippen molar-refractivity contribution in [1.82, 2.24) is 0 Å². The first-order chi connectivity index (χ1) is 26.8. The summed E-state index contributed by atoms with van der Waals surface area (Å²) in [7, 11) is 0. The van der Waals surface area contributed by atoms with Gasteiger partial charge in [-0.05, 0) is 64.7 Å². The van der Waals surface area contributed by atoms with Gasteiger partial charge in [-0.2, -0.15) is 0 Å². The Balaban J connectivity index is 1.33. The van der Waals surface area contributed by atoms with Crippen LogP contribution in [-0.4, -0.2) is 131 Å². The van der Waals surface area contributed by atoms with Crippen molar-refractivity contribution in [3.05, 3.63) is 107 Å². The maximum absolute atomic E-state index is 11.0. The standard InChI is InChI=1S/C40H42O16/c41-16-28-32(46)34(48)36(50)39(55-28)52-25-13-21(11-24(45)14-25)31-30-20(4-1-18-2-7-22(43)8-3-18)12-26(53-40-37(51)35(49)33(47)29(17-42)56-40)15-27(30)54-38(31)19-5-9-23(44)10-6-19/h1-15,28-29,31-51H,16-17H2. The van der Waals surface area contributed by atoms with Crippen molar-refractivity contribution in [3.63, 3.8) is 0 Å². The van der Waals surface area contributed by atoms with E-state index in [-0.39, 0.29) is 34.5 Å². The van der Waals surface area contributed by atoms with E-state index in [1.807, 2.05) is 0 Å². The number of hydrogen-bond acceptors (Lipinski definition) is 16. The highest BCUT2D eigenvalue weighted by atomic mass is 16.7. The minimum Gasteiger partial charge on any atom is -0.508 e. The molecule has 11 N–H and O–H groups in total. The molecule has 0 aromatic heterocycles. The molecule has 4 aromatic rings. The lowest BCUT2D eigenvalue weighted by molar-refractivity contribution is -0.277. The Hall–Kier alpha value is -4.98. The fourth-order valence-electron chi connectivity index (χ4n) is 7.10. The molecule has 0 aliphatic carbocycles. The fraction of sp³-hybridized carbons (Fsp3) is 0.350. The van der Waals surface area contributed by atoms with Crippen LogP contribution in [0.5, 0.6) is 34.5 Å². The van der Waals surface area contributed by atoms with Gasteiger partial charge in [0, 0.05) is 17.7 Å². The summed E-state index contributed by atoms with van der Waals surface area (Å²) in [6.45, 7) is -1.34. The maximum atomic E-state index is 11.0. The summed E-state index contributed by atoms with van der Waals surface area (Å²) in [6, 6.07) is 20.1. The molecular formula is C40H42O16. The van der Waals surface area contributed by atoms with Gasteiger partial charge in [-0.3, -0.25) is 0 Å². The van der Waals surface area contributed by atoms with Crippen molar-refractivity contribution < 1.29 is 79.9 Å². The molecule has 16 nitrogen and oxygen atoms in total. The van der Waals surface area contributed by atoms with Gasteiger partial charge in [-0.1, -0.05) is 36.4 Å². The molecule has 0 bridgehead atoms. The van der Waals surface area contributed by atoms with Gasteiger partial charge in [0.15, 0.2) is 0 Å². The monoisotopic (exact) mass is 778 g/mol. The summed E-state index contributed by atoms with van der Waals surface area (Å²) >= 11 is 0. The molecule has 16 heteroatoms. The van der Waals surface area contributed by atoms with Crippen LogP contribution < -0.4 is 14.2 Å². The van der Waals surface area contributed by atoms with Crippen LogP contribution in [-0.2, 0) is 9.47 Å². The van der Waals surface area contributed by atoms with Crippen LogP contribution in [0, 0.1) is 0 Å². The summed E-state index contributed by atoms with van der Waals surface area (Å²) in [4.78, 5) is 0. The number of phenols is 3. The Morgan fingerprint density at radius 1 is 0.536 bits per heavy atom. The number of fused-ring (bicyclic) bond motifs is 1. The van der Waals surface area contributed by atoms with E-state index in [0.717, 1.165) is 0 Å². The third-order valence-corrected chi connectivity index (χ3v) is 10.1. The Bertz CT molecular complexity index is 2000. The number of ether oxygens (including phenoxy) is 5. The van der Waals surface area contributed by atoms with Crippen LogP contribution in [0.3, 0.4) is 0 Å². The smallest absolute Gasteiger partial charge is 0.229 e. The largest absolute Gasteiger partial charge is 0.508 e. The number of hydrogen-bond donors (Lipinski definition) is 11. The Morgan fingerprint density at radius 2 is 1.07 bits per heavy atom. The Labute approximate surface area is 319 Å². The summed E-state index contributed by atoms with van der Waals surface area (Å²) < 4.78 is 29.7. The predicted molar refractivity (Wildman–Crippen MR) is 194 cm³/mol. The molecule has 0 radical (unpaired) electrons. The van der Waals surface area contributed by atoms with Crippen molar-refractivity contribution in [1.29, 1.82) is 0 Å². The van der Waals surface area contributed by atoms with Gasteiger partial charge in [0.25, 0.3) is 0 Å². The van der Waals surface area contributed by atoms with Crippen LogP contribution in [0.2, 0.25) is 0 Å². The molecule has 0 spiro atoms. The highest BCUT2D eigenvalue weighted by Gasteiger charge is 2.47. The highest BCUT2D eigenvalue weighted by molar-refractivity contribution is 5.75. The second kappa shape index (κ2) is 16.2. The molecule has 7 rings (SSSR count). The van der Waals surface area contributed by atoms with Crippen molar-refractivity contribution in [2.45, 2.75) is 73.4 Å². The first-order valence-corrected chi connectivity index (χ1v) is 17.7. The van der Waals surface area contributed by atoms with Gasteiger partial charge in [-0.25, -0.2) is 0 Å². The van der Waals surface area contributed by atoms with E-state index in [1.54, 1.807) is 48.6 Å². The number of aliphatic hydroxyl groups excluding tert-OH is 8. The average Bonchev–Trinajstić information content (AvgIpc) is 3.57. The lowest BCUT2D eigenvalue weighted by Gasteiger charge is -2.39. The van der Waals surface area contributed by atoms with Crippen LogP contribution in [0.1, 0.15) is 39.8 Å². The Kier molecular flexibility index (Phi) is 11.4. The van der Waals surface area contributed by atoms with E-state index < -0.39 is 86.6 Å². The molecule has 56 heavy (non-hydrogen) atoms. The maximum Gasteiger partial charge on any atom is 0.229 e. The molecule has 3 heterocycles. The zero-order chi connectivity index (χ0) is 39.8. The predicted octanol–water partition coefficient (Wildman–Crippen LogP) is 0.597. The average molecular weight is 779 g/mol. The summed E-state index contributed by atoms with van der Waals surface area (Å²) in [6.07, 6.45) is -12.9. The van der Waals surface area contributed by atoms with Gasteiger partial charge < -0.3 is 79.9 Å². The van der Waals surface area contributed by atoms with Gasteiger partial charge in [-0.15, -0.1) is 0 Å². The molecule has 2 fully saturated rings. The third kappa shape index (κ3) is 7.85. The van der Waals surface area contributed by atoms with Crippen LogP contribution in [0.15, 0.2) is 78.9 Å². The lowest BCUT2D eigenvalue weighted by Crippen LogP contribution is -2.60. The molecule has 4 aromatic carbocycles. The number of aromatic hydroxyl groups is 3. The first-order valence-electron chi connectivity index (χ1n) is 17.7. The number of rotatable bonds is 10. The number of benzene rings is 4. The fourth-order valence-corrected chi connectivity index (χ4v) is 7.10. The summed E-state index contributed by atoms with van der Waals surface area (Å²) in [5.41, 5.74) is 2.82. The molecule has 12 atom stereocenters. The van der Waals surface area contributed by atoms with Gasteiger partial charge in [0.1, 0.15) is 89.4 Å². The van der Waals surface area contributed by atoms with Gasteiger partial charge in [0.05, 0.1) is 19.1 Å². The van der Waals surface area contributed by atoms with E-state index in [2.05, 4.69) is 0 Å². The SMILES string of the molecule is OCC1OC(Oc2cc(O)cc(C3c4c(C=Cc5ccc(O)cc5)cc(OC5OC(CO)C(O)C(O)C5O)cc4OC3c3ccc(O)cc3)c2)C(O)C(O)C1O. The van der Waals surface area contributed by atoms with Crippen molar-refractivity contribution in [3.8, 4) is 34.5 Å². The second-order valence-corrected chi connectivity index (χ2v) is 13.8. The minimum absolute atomic E-state index is 0.00103. The van der Waals surface area contributed by atoms with E-state index >= 15 is 0 Å². The van der Waals surface area contributed by atoms with Gasteiger partial charge in [0.2, 0.25) is 12.6 Å². The van der Waals surface area contributed by atoms with E-state index in [1.165, 1.54) is 42.5 Å². The normalized spacial score (nSPS) is 31.5. The molecule has 12 unspecified atom stereocenters.